The van der Waals surface area contributed by atoms with Gasteiger partial charge in [-0.25, -0.2) is 0 Å². The van der Waals surface area contributed by atoms with Crippen LogP contribution in [-0.4, -0.2) is 12.3 Å². The Morgan fingerprint density at radius 1 is 1.10 bits per heavy atom. The van der Waals surface area contributed by atoms with Gasteiger partial charge in [-0.05, 0) is 24.6 Å². The molecule has 0 heterocycles. The smallest absolute Gasteiger partial charge is 0.187 e. The minimum absolute atomic E-state index is 0.254. The Morgan fingerprint density at radius 3 is 2.52 bits per heavy atom. The van der Waals surface area contributed by atoms with Gasteiger partial charge in [-0.2, -0.15) is 5.26 Å². The van der Waals surface area contributed by atoms with E-state index in [0.717, 1.165) is 16.9 Å². The standard InChI is InChI=1S/C17H16N2O2/c1-2-21-19-17(12-18)16-11-7-6-8-14(16)13-20-15-9-4-3-5-10-15/h3-11H,2,13H2,1H3/b19-17+. The third-order valence-corrected chi connectivity index (χ3v) is 2.80. The van der Waals surface area contributed by atoms with Crippen LogP contribution in [0.2, 0.25) is 0 Å². The lowest BCUT2D eigenvalue weighted by molar-refractivity contribution is 0.159. The third-order valence-electron chi connectivity index (χ3n) is 2.80. The molecule has 0 bridgehead atoms. The summed E-state index contributed by atoms with van der Waals surface area (Å²) in [4.78, 5) is 4.98. The number of rotatable bonds is 6. The van der Waals surface area contributed by atoms with Gasteiger partial charge in [0.15, 0.2) is 5.71 Å². The summed E-state index contributed by atoms with van der Waals surface area (Å²) >= 11 is 0. The van der Waals surface area contributed by atoms with Crippen LogP contribution in [0.4, 0.5) is 0 Å². The first kappa shape index (κ1) is 14.6. The summed E-state index contributed by atoms with van der Waals surface area (Å²) in [5.41, 5.74) is 1.87. The van der Waals surface area contributed by atoms with Crippen LogP contribution in [0.3, 0.4) is 0 Å². The molecule has 0 aliphatic heterocycles. The summed E-state index contributed by atoms with van der Waals surface area (Å²) < 4.78 is 5.73. The predicted molar refractivity (Wildman–Crippen MR) is 81.0 cm³/mol. The first-order chi connectivity index (χ1) is 10.3. The molecule has 0 spiro atoms. The second kappa shape index (κ2) is 7.71. The molecule has 0 aromatic heterocycles. The zero-order valence-electron chi connectivity index (χ0n) is 11.8. The quantitative estimate of drug-likeness (QED) is 0.601. The molecule has 0 atom stereocenters. The van der Waals surface area contributed by atoms with E-state index in [-0.39, 0.29) is 5.71 Å². The number of para-hydroxylation sites is 1. The fraction of sp³-hybridized carbons (Fsp3) is 0.176. The van der Waals surface area contributed by atoms with E-state index in [4.69, 9.17) is 9.57 Å². The molecule has 0 fully saturated rings. The lowest BCUT2D eigenvalue weighted by Crippen LogP contribution is -2.06. The molecule has 0 unspecified atom stereocenters. The van der Waals surface area contributed by atoms with E-state index in [0.29, 0.717) is 13.2 Å². The van der Waals surface area contributed by atoms with Crippen LogP contribution in [0.1, 0.15) is 18.1 Å². The molecule has 106 valence electrons. The van der Waals surface area contributed by atoms with Crippen LogP contribution in [0.25, 0.3) is 0 Å². The van der Waals surface area contributed by atoms with Gasteiger partial charge < -0.3 is 9.57 Å². The Labute approximate surface area is 124 Å². The fourth-order valence-electron chi connectivity index (χ4n) is 1.81. The molecular weight excluding hydrogens is 264 g/mol. The number of nitriles is 1. The van der Waals surface area contributed by atoms with Crippen LogP contribution < -0.4 is 4.74 Å². The van der Waals surface area contributed by atoms with Gasteiger partial charge in [0.2, 0.25) is 0 Å². The molecular formula is C17H16N2O2. The van der Waals surface area contributed by atoms with Gasteiger partial charge in [-0.1, -0.05) is 47.6 Å². The maximum atomic E-state index is 9.21. The van der Waals surface area contributed by atoms with E-state index in [1.165, 1.54) is 0 Å². The number of oxime groups is 1. The van der Waals surface area contributed by atoms with Crippen molar-refractivity contribution in [2.75, 3.05) is 6.61 Å². The van der Waals surface area contributed by atoms with Crippen molar-refractivity contribution in [3.05, 3.63) is 65.7 Å². The van der Waals surface area contributed by atoms with Crippen LogP contribution in [0.15, 0.2) is 59.8 Å². The zero-order valence-corrected chi connectivity index (χ0v) is 11.8. The van der Waals surface area contributed by atoms with Gasteiger partial charge >= 0.3 is 0 Å². The molecule has 0 aliphatic rings. The summed E-state index contributed by atoms with van der Waals surface area (Å²) in [6.07, 6.45) is 0. The van der Waals surface area contributed by atoms with Gasteiger partial charge in [0.1, 0.15) is 25.0 Å². The maximum Gasteiger partial charge on any atom is 0.187 e. The molecule has 21 heavy (non-hydrogen) atoms. The lowest BCUT2D eigenvalue weighted by atomic mass is 10.0. The first-order valence-corrected chi connectivity index (χ1v) is 6.71. The third kappa shape index (κ3) is 4.08. The van der Waals surface area contributed by atoms with Crippen molar-refractivity contribution in [1.82, 2.24) is 0 Å². The summed E-state index contributed by atoms with van der Waals surface area (Å²) in [5.74, 6) is 0.785. The number of hydrogen-bond acceptors (Lipinski definition) is 4. The van der Waals surface area contributed by atoms with E-state index in [1.54, 1.807) is 0 Å². The van der Waals surface area contributed by atoms with Gasteiger partial charge in [-0.15, -0.1) is 0 Å². The van der Waals surface area contributed by atoms with Crippen LogP contribution in [-0.2, 0) is 11.4 Å². The van der Waals surface area contributed by atoms with Gasteiger partial charge in [0.05, 0.1) is 0 Å². The molecule has 4 heteroatoms. The number of benzene rings is 2. The maximum absolute atomic E-state index is 9.21. The SMILES string of the molecule is CCO/N=C(\C#N)c1ccccc1COc1ccccc1. The van der Waals surface area contributed by atoms with E-state index in [9.17, 15) is 5.26 Å². The fourth-order valence-corrected chi connectivity index (χ4v) is 1.81. The van der Waals surface area contributed by atoms with E-state index < -0.39 is 0 Å². The second-order valence-electron chi connectivity index (χ2n) is 4.23. The average Bonchev–Trinajstić information content (AvgIpc) is 2.55. The van der Waals surface area contributed by atoms with Crippen molar-refractivity contribution in [3.63, 3.8) is 0 Å². The summed E-state index contributed by atoms with van der Waals surface area (Å²) in [5, 5.41) is 13.1. The largest absolute Gasteiger partial charge is 0.489 e. The Hall–Kier alpha value is -2.80. The highest BCUT2D eigenvalue weighted by atomic mass is 16.6. The van der Waals surface area contributed by atoms with Crippen LogP contribution in [0.5, 0.6) is 5.75 Å². The number of ether oxygens (including phenoxy) is 1. The molecule has 2 rings (SSSR count). The predicted octanol–water partition coefficient (Wildman–Crippen LogP) is 3.53. The van der Waals surface area contributed by atoms with E-state index >= 15 is 0 Å². The second-order valence-corrected chi connectivity index (χ2v) is 4.23. The number of nitrogens with zero attached hydrogens (tertiary/aromatic N) is 2. The number of hydrogen-bond donors (Lipinski definition) is 0. The molecule has 0 radical (unpaired) electrons. The summed E-state index contributed by atoms with van der Waals surface area (Å²) in [6.45, 7) is 2.61. The average molecular weight is 280 g/mol. The summed E-state index contributed by atoms with van der Waals surface area (Å²) in [6, 6.07) is 19.1. The summed E-state index contributed by atoms with van der Waals surface area (Å²) in [7, 11) is 0. The normalized spacial score (nSPS) is 10.8. The Morgan fingerprint density at radius 2 is 1.81 bits per heavy atom. The van der Waals surface area contributed by atoms with Crippen LogP contribution >= 0.6 is 0 Å². The highest BCUT2D eigenvalue weighted by molar-refractivity contribution is 6.12. The molecule has 0 N–H and O–H groups in total. The highest BCUT2D eigenvalue weighted by Crippen LogP contribution is 2.15. The molecule has 0 amide bonds. The van der Waals surface area contributed by atoms with E-state index in [2.05, 4.69) is 11.2 Å². The lowest BCUT2D eigenvalue weighted by Gasteiger charge is -2.09. The molecule has 0 saturated carbocycles. The van der Waals surface area contributed by atoms with Crippen molar-refractivity contribution in [2.45, 2.75) is 13.5 Å². The highest BCUT2D eigenvalue weighted by Gasteiger charge is 2.10. The Balaban J connectivity index is 2.19. The molecule has 4 nitrogen and oxygen atoms in total. The monoisotopic (exact) mass is 280 g/mol. The van der Waals surface area contributed by atoms with Crippen LogP contribution in [0, 0.1) is 11.3 Å². The van der Waals surface area contributed by atoms with Crippen molar-refractivity contribution in [1.29, 1.82) is 5.26 Å². The van der Waals surface area contributed by atoms with Gasteiger partial charge in [0.25, 0.3) is 0 Å². The van der Waals surface area contributed by atoms with Gasteiger partial charge in [-0.3, -0.25) is 0 Å². The van der Waals surface area contributed by atoms with Crippen molar-refractivity contribution in [2.24, 2.45) is 5.16 Å². The minimum atomic E-state index is 0.254. The minimum Gasteiger partial charge on any atom is -0.489 e. The zero-order chi connectivity index (χ0) is 14.9. The van der Waals surface area contributed by atoms with Crippen molar-refractivity contribution < 1.29 is 9.57 Å². The van der Waals surface area contributed by atoms with Gasteiger partial charge in [0, 0.05) is 5.56 Å². The van der Waals surface area contributed by atoms with Crippen molar-refractivity contribution >= 4 is 5.71 Å². The topological polar surface area (TPSA) is 54.6 Å². The molecule has 0 aliphatic carbocycles. The first-order valence-electron chi connectivity index (χ1n) is 6.71. The Bertz CT molecular complexity index is 645. The molecule has 2 aromatic carbocycles. The molecule has 2 aromatic rings. The molecule has 0 saturated heterocycles. The van der Waals surface area contributed by atoms with E-state index in [1.807, 2.05) is 61.5 Å². The van der Waals surface area contributed by atoms with Crippen molar-refractivity contribution in [3.8, 4) is 11.8 Å². The Kier molecular flexibility index (Phi) is 5.36.